The van der Waals surface area contributed by atoms with Gasteiger partial charge < -0.3 is 10.2 Å². The van der Waals surface area contributed by atoms with Gasteiger partial charge in [0.2, 0.25) is 0 Å². The van der Waals surface area contributed by atoms with Crippen molar-refractivity contribution in [2.75, 3.05) is 19.6 Å². The van der Waals surface area contributed by atoms with Gasteiger partial charge in [-0.25, -0.2) is 0 Å². The quantitative estimate of drug-likeness (QED) is 0.825. The minimum Gasteiger partial charge on any atom is -0.338 e. The van der Waals surface area contributed by atoms with Gasteiger partial charge >= 0.3 is 0 Å². The lowest BCUT2D eigenvalue weighted by atomic mass is 9.93. The Morgan fingerprint density at radius 2 is 2.35 bits per heavy atom. The molecule has 92 valence electrons. The Labute approximate surface area is 106 Å². The molecule has 2 atom stereocenters. The van der Waals surface area contributed by atoms with Crippen molar-refractivity contribution in [3.8, 4) is 0 Å². The lowest BCUT2D eigenvalue weighted by molar-refractivity contribution is 0.0662. The van der Waals surface area contributed by atoms with Crippen molar-refractivity contribution in [2.45, 2.75) is 25.8 Å². The van der Waals surface area contributed by atoms with Crippen molar-refractivity contribution in [1.82, 2.24) is 10.2 Å². The second kappa shape index (κ2) is 4.42. The molecule has 3 rings (SSSR count). The van der Waals surface area contributed by atoms with E-state index in [1.165, 1.54) is 6.42 Å². The van der Waals surface area contributed by atoms with E-state index >= 15 is 0 Å². The molecule has 0 aromatic carbocycles. The molecule has 4 heteroatoms. The van der Waals surface area contributed by atoms with Gasteiger partial charge in [-0.1, -0.05) is 0 Å². The highest BCUT2D eigenvalue weighted by Crippen LogP contribution is 2.26. The number of amides is 1. The molecular weight excluding hydrogens is 232 g/mol. The molecule has 0 bridgehead atoms. The molecule has 1 aromatic heterocycles. The van der Waals surface area contributed by atoms with Crippen LogP contribution in [0.4, 0.5) is 0 Å². The summed E-state index contributed by atoms with van der Waals surface area (Å²) >= 11 is 1.62. The van der Waals surface area contributed by atoms with E-state index < -0.39 is 0 Å². The van der Waals surface area contributed by atoms with Crippen LogP contribution in [0.3, 0.4) is 0 Å². The van der Waals surface area contributed by atoms with Crippen LogP contribution in [-0.4, -0.2) is 36.5 Å². The van der Waals surface area contributed by atoms with Gasteiger partial charge in [-0.15, -0.1) is 0 Å². The number of hydrogen-bond donors (Lipinski definition) is 1. The van der Waals surface area contributed by atoms with Crippen LogP contribution in [0.5, 0.6) is 0 Å². The van der Waals surface area contributed by atoms with Crippen LogP contribution in [0.25, 0.3) is 0 Å². The zero-order valence-electron chi connectivity index (χ0n) is 10.1. The fourth-order valence-corrected chi connectivity index (χ4v) is 3.80. The standard InChI is InChI=1S/C13H18N2OS/c1-9-7-17-8-11(9)13(16)15-5-3-12-10(6-15)2-4-14-12/h7-8,10,12,14H,2-6H2,1H3. The highest BCUT2D eigenvalue weighted by Gasteiger charge is 2.34. The largest absolute Gasteiger partial charge is 0.338 e. The number of thiophene rings is 1. The van der Waals surface area contributed by atoms with Gasteiger partial charge in [0.05, 0.1) is 5.56 Å². The van der Waals surface area contributed by atoms with Gasteiger partial charge in [-0.05, 0) is 43.2 Å². The van der Waals surface area contributed by atoms with Crippen LogP contribution in [-0.2, 0) is 0 Å². The van der Waals surface area contributed by atoms with Crippen LogP contribution < -0.4 is 5.32 Å². The van der Waals surface area contributed by atoms with E-state index in [1.807, 2.05) is 17.2 Å². The summed E-state index contributed by atoms with van der Waals surface area (Å²) in [7, 11) is 0. The summed E-state index contributed by atoms with van der Waals surface area (Å²) in [4.78, 5) is 14.4. The number of rotatable bonds is 1. The zero-order valence-corrected chi connectivity index (χ0v) is 10.9. The number of carbonyl (C=O) groups excluding carboxylic acids is 1. The second-order valence-corrected chi connectivity index (χ2v) is 5.86. The molecule has 2 aliphatic heterocycles. The third kappa shape index (κ3) is 2.00. The first-order valence-corrected chi connectivity index (χ1v) is 7.25. The maximum absolute atomic E-state index is 12.4. The average molecular weight is 250 g/mol. The smallest absolute Gasteiger partial charge is 0.254 e. The maximum atomic E-state index is 12.4. The summed E-state index contributed by atoms with van der Waals surface area (Å²) in [5.74, 6) is 0.903. The first-order chi connectivity index (χ1) is 8.25. The van der Waals surface area contributed by atoms with Gasteiger partial charge in [-0.3, -0.25) is 4.79 Å². The molecule has 2 unspecified atom stereocenters. The van der Waals surface area contributed by atoms with E-state index in [2.05, 4.69) is 10.7 Å². The molecule has 0 radical (unpaired) electrons. The lowest BCUT2D eigenvalue weighted by Crippen LogP contribution is -2.46. The molecule has 0 spiro atoms. The van der Waals surface area contributed by atoms with E-state index in [9.17, 15) is 4.79 Å². The predicted molar refractivity (Wildman–Crippen MR) is 69.5 cm³/mol. The Morgan fingerprint density at radius 3 is 3.12 bits per heavy atom. The highest BCUT2D eigenvalue weighted by atomic mass is 32.1. The normalized spacial score (nSPS) is 28.2. The van der Waals surface area contributed by atoms with Gasteiger partial charge in [0, 0.05) is 24.5 Å². The minimum atomic E-state index is 0.231. The van der Waals surface area contributed by atoms with Gasteiger partial charge in [0.1, 0.15) is 0 Å². The first kappa shape index (κ1) is 11.2. The topological polar surface area (TPSA) is 32.3 Å². The molecule has 1 aromatic rings. The summed E-state index contributed by atoms with van der Waals surface area (Å²) in [5.41, 5.74) is 2.02. The van der Waals surface area contributed by atoms with E-state index in [1.54, 1.807) is 11.3 Å². The summed E-state index contributed by atoms with van der Waals surface area (Å²) in [5, 5.41) is 7.56. The SMILES string of the molecule is Cc1cscc1C(=O)N1CCC2NCCC2C1. The van der Waals surface area contributed by atoms with Crippen molar-refractivity contribution in [2.24, 2.45) is 5.92 Å². The first-order valence-electron chi connectivity index (χ1n) is 6.31. The third-order valence-corrected chi connectivity index (χ3v) is 4.89. The van der Waals surface area contributed by atoms with E-state index in [0.29, 0.717) is 12.0 Å². The fourth-order valence-electron chi connectivity index (χ4n) is 2.98. The van der Waals surface area contributed by atoms with Crippen LogP contribution in [0.1, 0.15) is 28.8 Å². The molecule has 2 aliphatic rings. The molecule has 1 N–H and O–H groups in total. The Morgan fingerprint density at radius 1 is 1.47 bits per heavy atom. The Bertz CT molecular complexity index is 429. The molecule has 1 amide bonds. The molecule has 0 saturated carbocycles. The number of carbonyl (C=O) groups is 1. The van der Waals surface area contributed by atoms with Gasteiger partial charge in [0.25, 0.3) is 5.91 Å². The van der Waals surface area contributed by atoms with Crippen molar-refractivity contribution >= 4 is 17.2 Å². The minimum absolute atomic E-state index is 0.231. The van der Waals surface area contributed by atoms with Crippen molar-refractivity contribution in [3.05, 3.63) is 21.9 Å². The number of hydrogen-bond acceptors (Lipinski definition) is 3. The van der Waals surface area contributed by atoms with Crippen LogP contribution in [0, 0.1) is 12.8 Å². The lowest BCUT2D eigenvalue weighted by Gasteiger charge is -2.34. The predicted octanol–water partition coefficient (Wildman–Crippen LogP) is 1.88. The van der Waals surface area contributed by atoms with E-state index in [0.717, 1.165) is 37.2 Å². The van der Waals surface area contributed by atoms with Crippen LogP contribution >= 0.6 is 11.3 Å². The van der Waals surface area contributed by atoms with E-state index in [4.69, 9.17) is 0 Å². The molecular formula is C13H18N2OS. The Hall–Kier alpha value is -0.870. The monoisotopic (exact) mass is 250 g/mol. The number of fused-ring (bicyclic) bond motifs is 1. The average Bonchev–Trinajstić information content (AvgIpc) is 2.95. The third-order valence-electron chi connectivity index (χ3n) is 4.03. The molecule has 0 aliphatic carbocycles. The van der Waals surface area contributed by atoms with Gasteiger partial charge in [-0.2, -0.15) is 11.3 Å². The second-order valence-electron chi connectivity index (χ2n) is 5.12. The molecule has 3 heterocycles. The summed E-state index contributed by atoms with van der Waals surface area (Å²) in [6.07, 6.45) is 2.33. The zero-order chi connectivity index (χ0) is 11.8. The maximum Gasteiger partial charge on any atom is 0.254 e. The number of nitrogens with zero attached hydrogens (tertiary/aromatic N) is 1. The molecule has 17 heavy (non-hydrogen) atoms. The summed E-state index contributed by atoms with van der Waals surface area (Å²) < 4.78 is 0. The van der Waals surface area contributed by atoms with Crippen molar-refractivity contribution in [1.29, 1.82) is 0 Å². The molecule has 3 nitrogen and oxygen atoms in total. The van der Waals surface area contributed by atoms with Gasteiger partial charge in [0.15, 0.2) is 0 Å². The number of likely N-dealkylation sites (tertiary alicyclic amines) is 1. The number of aryl methyl sites for hydroxylation is 1. The van der Waals surface area contributed by atoms with Crippen LogP contribution in [0.15, 0.2) is 10.8 Å². The fraction of sp³-hybridized carbons (Fsp3) is 0.615. The molecule has 2 fully saturated rings. The molecule has 2 saturated heterocycles. The number of piperidine rings is 1. The van der Waals surface area contributed by atoms with E-state index in [-0.39, 0.29) is 5.91 Å². The Balaban J connectivity index is 1.73. The van der Waals surface area contributed by atoms with Crippen molar-refractivity contribution < 1.29 is 4.79 Å². The highest BCUT2D eigenvalue weighted by molar-refractivity contribution is 7.08. The number of nitrogens with one attached hydrogen (secondary N) is 1. The van der Waals surface area contributed by atoms with Crippen molar-refractivity contribution in [3.63, 3.8) is 0 Å². The Kier molecular flexibility index (Phi) is 2.92. The summed E-state index contributed by atoms with van der Waals surface area (Å²) in [6, 6.07) is 0.655. The van der Waals surface area contributed by atoms with Crippen LogP contribution in [0.2, 0.25) is 0 Å². The summed E-state index contributed by atoms with van der Waals surface area (Å²) in [6.45, 7) is 4.98.